The molecule has 60 valence electrons. The van der Waals surface area contributed by atoms with Gasteiger partial charge in [-0.15, -0.1) is 0 Å². The molecule has 1 aliphatic rings. The van der Waals surface area contributed by atoms with Crippen LogP contribution in [0.3, 0.4) is 0 Å². The van der Waals surface area contributed by atoms with Gasteiger partial charge in [-0.05, 0) is 26.0 Å². The molecule has 3 nitrogen and oxygen atoms in total. The zero-order valence-corrected chi connectivity index (χ0v) is 6.89. The van der Waals surface area contributed by atoms with Crippen LogP contribution in [0, 0.1) is 0 Å². The Morgan fingerprint density at radius 3 is 2.91 bits per heavy atom. The maximum Gasteiger partial charge on any atom is 0.127 e. The van der Waals surface area contributed by atoms with Crippen LogP contribution in [-0.2, 0) is 0 Å². The first-order valence-electron chi connectivity index (χ1n) is 3.63. The molecule has 1 aliphatic heterocycles. The van der Waals surface area contributed by atoms with Crippen molar-refractivity contribution in [1.82, 2.24) is 5.32 Å². The molecule has 0 spiro atoms. The van der Waals surface area contributed by atoms with Gasteiger partial charge in [-0.2, -0.15) is 0 Å². The highest BCUT2D eigenvalue weighted by molar-refractivity contribution is 5.94. The van der Waals surface area contributed by atoms with Gasteiger partial charge >= 0.3 is 0 Å². The van der Waals surface area contributed by atoms with Gasteiger partial charge in [0.25, 0.3) is 0 Å². The Bertz CT molecular complexity index is 236. The van der Waals surface area contributed by atoms with Crippen molar-refractivity contribution >= 4 is 5.71 Å². The fourth-order valence-electron chi connectivity index (χ4n) is 1.01. The van der Waals surface area contributed by atoms with E-state index in [1.807, 2.05) is 26.0 Å². The molecule has 1 heterocycles. The third-order valence-electron chi connectivity index (χ3n) is 1.36. The normalized spacial score (nSPS) is 20.8. The molecule has 0 aromatic carbocycles. The largest absolute Gasteiger partial charge is 0.344 e. The number of nitrogens with one attached hydrogen (secondary N) is 1. The molecule has 0 aromatic rings. The fourth-order valence-corrected chi connectivity index (χ4v) is 1.01. The lowest BCUT2D eigenvalue weighted by Crippen LogP contribution is -2.16. The Morgan fingerprint density at radius 2 is 2.36 bits per heavy atom. The summed E-state index contributed by atoms with van der Waals surface area (Å²) in [6.07, 6.45) is 3.86. The van der Waals surface area contributed by atoms with Crippen molar-refractivity contribution in [2.24, 2.45) is 10.7 Å². The smallest absolute Gasteiger partial charge is 0.127 e. The van der Waals surface area contributed by atoms with Gasteiger partial charge in [-0.3, -0.25) is 0 Å². The molecule has 0 unspecified atom stereocenters. The van der Waals surface area contributed by atoms with E-state index >= 15 is 0 Å². The third-order valence-corrected chi connectivity index (χ3v) is 1.36. The summed E-state index contributed by atoms with van der Waals surface area (Å²) in [5.74, 6) is 0.852. The predicted molar refractivity (Wildman–Crippen MR) is 47.1 cm³/mol. The Kier molecular flexibility index (Phi) is 2.44. The van der Waals surface area contributed by atoms with E-state index in [1.165, 1.54) is 0 Å². The van der Waals surface area contributed by atoms with Crippen LogP contribution in [0.4, 0.5) is 0 Å². The average Bonchev–Trinajstić information content (AvgIpc) is 1.85. The third kappa shape index (κ3) is 2.20. The first-order valence-corrected chi connectivity index (χ1v) is 3.63. The fraction of sp³-hybridized carbons (Fsp3) is 0.375. The summed E-state index contributed by atoms with van der Waals surface area (Å²) in [6, 6.07) is 0. The zero-order chi connectivity index (χ0) is 8.27. The molecular weight excluding hydrogens is 138 g/mol. The van der Waals surface area contributed by atoms with Gasteiger partial charge in [0.2, 0.25) is 0 Å². The molecule has 0 radical (unpaired) electrons. The zero-order valence-electron chi connectivity index (χ0n) is 6.89. The van der Waals surface area contributed by atoms with Crippen molar-refractivity contribution in [2.45, 2.75) is 13.8 Å². The van der Waals surface area contributed by atoms with Gasteiger partial charge in [0.15, 0.2) is 0 Å². The molecule has 0 fully saturated rings. The van der Waals surface area contributed by atoms with Crippen molar-refractivity contribution < 1.29 is 0 Å². The maximum atomic E-state index is 5.35. The lowest BCUT2D eigenvalue weighted by atomic mass is 10.3. The monoisotopic (exact) mass is 151 g/mol. The van der Waals surface area contributed by atoms with Crippen molar-refractivity contribution in [3.63, 3.8) is 0 Å². The molecule has 3 N–H and O–H groups in total. The summed E-state index contributed by atoms with van der Waals surface area (Å²) in [5.41, 5.74) is 7.47. The molecule has 0 aliphatic carbocycles. The Balaban J connectivity index is 2.79. The molecule has 3 heteroatoms. The molecule has 0 atom stereocenters. The standard InChI is InChI=1S/C8H13N3/c1-6-5-7(2)11-8(10-6)3-4-9/h3,5,10H,4,9H2,1-2H3/b8-3+. The number of aliphatic imine (C=N–C) groups is 1. The molecule has 1 rings (SSSR count). The minimum atomic E-state index is 0.520. The van der Waals surface area contributed by atoms with Crippen molar-refractivity contribution in [2.75, 3.05) is 6.54 Å². The minimum absolute atomic E-state index is 0.520. The number of nitrogens with zero attached hydrogens (tertiary/aromatic N) is 1. The number of hydrogen-bond acceptors (Lipinski definition) is 3. The van der Waals surface area contributed by atoms with Gasteiger partial charge in [-0.25, -0.2) is 4.99 Å². The molecule has 0 saturated carbocycles. The summed E-state index contributed by atoms with van der Waals surface area (Å²) in [5, 5.41) is 3.10. The summed E-state index contributed by atoms with van der Waals surface area (Å²) >= 11 is 0. The molecule has 0 saturated heterocycles. The Morgan fingerprint density at radius 1 is 1.64 bits per heavy atom. The van der Waals surface area contributed by atoms with Crippen LogP contribution in [0.25, 0.3) is 0 Å². The first-order chi connectivity index (χ1) is 5.22. The second-order valence-corrected chi connectivity index (χ2v) is 2.53. The Labute approximate surface area is 66.7 Å². The number of nitrogens with two attached hydrogens (primary N) is 1. The van der Waals surface area contributed by atoms with E-state index in [4.69, 9.17) is 5.73 Å². The maximum absolute atomic E-state index is 5.35. The second kappa shape index (κ2) is 3.34. The second-order valence-electron chi connectivity index (χ2n) is 2.53. The molecular formula is C8H13N3. The lowest BCUT2D eigenvalue weighted by Gasteiger charge is -2.12. The van der Waals surface area contributed by atoms with E-state index in [0.29, 0.717) is 6.54 Å². The van der Waals surface area contributed by atoms with Crippen LogP contribution in [0.1, 0.15) is 13.8 Å². The topological polar surface area (TPSA) is 50.4 Å². The van der Waals surface area contributed by atoms with Gasteiger partial charge < -0.3 is 11.1 Å². The summed E-state index contributed by atoms with van der Waals surface area (Å²) in [4.78, 5) is 4.23. The van der Waals surface area contributed by atoms with Crippen LogP contribution in [0.5, 0.6) is 0 Å². The van der Waals surface area contributed by atoms with E-state index in [1.54, 1.807) is 0 Å². The number of hydrogen-bond donors (Lipinski definition) is 2. The van der Waals surface area contributed by atoms with E-state index in [9.17, 15) is 0 Å². The summed E-state index contributed by atoms with van der Waals surface area (Å²) in [7, 11) is 0. The van der Waals surface area contributed by atoms with Crippen molar-refractivity contribution in [3.8, 4) is 0 Å². The van der Waals surface area contributed by atoms with Crippen LogP contribution < -0.4 is 11.1 Å². The predicted octanol–water partition coefficient (Wildman–Crippen LogP) is 0.754. The van der Waals surface area contributed by atoms with E-state index in [-0.39, 0.29) is 0 Å². The summed E-state index contributed by atoms with van der Waals surface area (Å²) < 4.78 is 0. The number of allylic oxidation sites excluding steroid dienone is 2. The first kappa shape index (κ1) is 8.01. The minimum Gasteiger partial charge on any atom is -0.344 e. The van der Waals surface area contributed by atoms with Crippen LogP contribution >= 0.6 is 0 Å². The molecule has 11 heavy (non-hydrogen) atoms. The van der Waals surface area contributed by atoms with E-state index < -0.39 is 0 Å². The van der Waals surface area contributed by atoms with Crippen molar-refractivity contribution in [1.29, 1.82) is 0 Å². The molecule has 0 aromatic heterocycles. The lowest BCUT2D eigenvalue weighted by molar-refractivity contribution is 0.921. The van der Waals surface area contributed by atoms with Gasteiger partial charge in [0.05, 0.1) is 0 Å². The number of rotatable bonds is 1. The SMILES string of the molecule is CC1=CC(C)=N/C(=C/CN)N1. The quantitative estimate of drug-likeness (QED) is 0.581. The summed E-state index contributed by atoms with van der Waals surface area (Å²) in [6.45, 7) is 4.49. The van der Waals surface area contributed by atoms with Gasteiger partial charge in [-0.1, -0.05) is 0 Å². The van der Waals surface area contributed by atoms with E-state index in [2.05, 4.69) is 10.3 Å². The van der Waals surface area contributed by atoms with Crippen molar-refractivity contribution in [3.05, 3.63) is 23.7 Å². The highest BCUT2D eigenvalue weighted by Gasteiger charge is 2.01. The Hall–Kier alpha value is -1.09. The van der Waals surface area contributed by atoms with E-state index in [0.717, 1.165) is 17.2 Å². The van der Waals surface area contributed by atoms with Crippen LogP contribution in [0.15, 0.2) is 28.7 Å². The molecule has 0 amide bonds. The van der Waals surface area contributed by atoms with Gasteiger partial charge in [0, 0.05) is 18.0 Å². The van der Waals surface area contributed by atoms with Crippen LogP contribution in [0.2, 0.25) is 0 Å². The molecule has 0 bridgehead atoms. The van der Waals surface area contributed by atoms with Gasteiger partial charge in [0.1, 0.15) is 5.82 Å². The van der Waals surface area contributed by atoms with Crippen LogP contribution in [-0.4, -0.2) is 12.3 Å². The highest BCUT2D eigenvalue weighted by atomic mass is 15.1. The average molecular weight is 151 g/mol. The highest BCUT2D eigenvalue weighted by Crippen LogP contribution is 2.04.